The number of rotatable bonds is 7. The molecule has 0 bridgehead atoms. The number of nitrogens with zero attached hydrogens (tertiary/aromatic N) is 6. The first-order valence-corrected chi connectivity index (χ1v) is 13.5. The summed E-state index contributed by atoms with van der Waals surface area (Å²) in [4.78, 5) is 35.3. The summed E-state index contributed by atoms with van der Waals surface area (Å²) >= 11 is 1.33. The van der Waals surface area contributed by atoms with Crippen molar-refractivity contribution in [2.24, 2.45) is 0 Å². The molecule has 3 aromatic heterocycles. The van der Waals surface area contributed by atoms with Crippen molar-refractivity contribution in [1.82, 2.24) is 35.1 Å². The second-order valence-corrected chi connectivity index (χ2v) is 10.7. The zero-order chi connectivity index (χ0) is 24.7. The first-order valence-electron chi connectivity index (χ1n) is 11.2. The van der Waals surface area contributed by atoms with Gasteiger partial charge in [0.25, 0.3) is 5.91 Å². The average molecular weight is 523 g/mol. The van der Waals surface area contributed by atoms with Gasteiger partial charge in [-0.05, 0) is 25.8 Å². The number of aromatic nitrogens is 5. The Morgan fingerprint density at radius 2 is 1.94 bits per heavy atom. The molecule has 1 amide bonds. The fourth-order valence-corrected chi connectivity index (χ4v) is 5.24. The molecule has 0 spiro atoms. The summed E-state index contributed by atoms with van der Waals surface area (Å²) in [7, 11) is -3.22. The Kier molecular flexibility index (Phi) is 8.15. The van der Waals surface area contributed by atoms with Crippen LogP contribution in [0.2, 0.25) is 0 Å². The summed E-state index contributed by atoms with van der Waals surface area (Å²) < 4.78 is 30.4. The molecule has 12 nitrogen and oxygen atoms in total. The molecule has 1 aliphatic carbocycles. The monoisotopic (exact) mass is 522 g/mol. The van der Waals surface area contributed by atoms with Gasteiger partial charge >= 0.3 is 0 Å². The van der Waals surface area contributed by atoms with Crippen molar-refractivity contribution in [3.63, 3.8) is 0 Å². The molecule has 3 aromatic rings. The molecule has 0 radical (unpaired) electrons. The summed E-state index contributed by atoms with van der Waals surface area (Å²) in [6.45, 7) is 5.51. The van der Waals surface area contributed by atoms with Gasteiger partial charge in [-0.3, -0.25) is 14.5 Å². The topological polar surface area (TPSA) is 152 Å². The number of ether oxygens (including phenoxy) is 1. The van der Waals surface area contributed by atoms with E-state index >= 15 is 0 Å². The van der Waals surface area contributed by atoms with Crippen LogP contribution in [0.1, 0.15) is 32.4 Å². The molecule has 5 rings (SSSR count). The minimum absolute atomic E-state index is 0. The molecule has 2 aliphatic rings. The Labute approximate surface area is 210 Å². The van der Waals surface area contributed by atoms with Crippen LogP contribution in [0.25, 0.3) is 10.6 Å². The molecule has 0 unspecified atom stereocenters. The number of piperazine rings is 1. The van der Waals surface area contributed by atoms with E-state index in [2.05, 4.69) is 35.0 Å². The summed E-state index contributed by atoms with van der Waals surface area (Å²) in [5.74, 6) is 0.601. The highest BCUT2D eigenvalue weighted by Gasteiger charge is 2.36. The maximum Gasteiger partial charge on any atom is 0.282 e. The lowest BCUT2D eigenvalue weighted by molar-refractivity contribution is 0.0735. The van der Waals surface area contributed by atoms with E-state index in [-0.39, 0.29) is 20.0 Å². The molecular weight excluding hydrogens is 492 g/mol. The molecule has 190 valence electrons. The molecule has 2 N–H and O–H groups in total. The van der Waals surface area contributed by atoms with Gasteiger partial charge in [0, 0.05) is 47.6 Å². The largest absolute Gasteiger partial charge is 0.477 e. The third-order valence-corrected chi connectivity index (χ3v) is 7.84. The van der Waals surface area contributed by atoms with E-state index in [9.17, 15) is 13.2 Å². The fourth-order valence-electron chi connectivity index (χ4n) is 3.12. The average Bonchev–Trinajstić information content (AvgIpc) is 3.64. The van der Waals surface area contributed by atoms with Crippen molar-refractivity contribution in [3.05, 3.63) is 42.1 Å². The normalized spacial score (nSPS) is 15.6. The van der Waals surface area contributed by atoms with Gasteiger partial charge in [0.05, 0.1) is 29.1 Å². The van der Waals surface area contributed by atoms with Gasteiger partial charge in [-0.15, -0.1) is 11.3 Å². The van der Waals surface area contributed by atoms with Crippen molar-refractivity contribution in [1.29, 1.82) is 0 Å². The van der Waals surface area contributed by atoms with Gasteiger partial charge in [0.1, 0.15) is 5.69 Å². The summed E-state index contributed by atoms with van der Waals surface area (Å²) in [5, 5.41) is 3.47. The number of sulfonamides is 1. The predicted octanol–water partition coefficient (Wildman–Crippen LogP) is 1.92. The second kappa shape index (κ2) is 11.5. The third-order valence-electron chi connectivity index (χ3n) is 5.01. The number of anilines is 1. The molecule has 1 aliphatic heterocycles. The molecule has 14 heteroatoms. The van der Waals surface area contributed by atoms with E-state index in [0.29, 0.717) is 36.3 Å². The van der Waals surface area contributed by atoms with Crippen LogP contribution in [0.4, 0.5) is 5.95 Å². The molecule has 1 saturated heterocycles. The predicted molar refractivity (Wildman–Crippen MR) is 135 cm³/mol. The van der Waals surface area contributed by atoms with Crippen molar-refractivity contribution < 1.29 is 20.8 Å². The highest BCUT2D eigenvalue weighted by molar-refractivity contribution is 7.93. The summed E-state index contributed by atoms with van der Waals surface area (Å²) in [5.41, 5.74) is 0.669. The first kappa shape index (κ1) is 24.9. The number of thiazole rings is 1. The van der Waals surface area contributed by atoms with Gasteiger partial charge in [-0.2, -0.15) is 0 Å². The number of carbonyl (C=O) groups excluding carboxylic acids is 1. The highest BCUT2D eigenvalue weighted by atomic mass is 32.2. The minimum Gasteiger partial charge on any atom is -0.477 e. The Morgan fingerprint density at radius 3 is 2.63 bits per heavy atom. The lowest BCUT2D eigenvalue weighted by atomic mass is 10.3. The van der Waals surface area contributed by atoms with Crippen molar-refractivity contribution in [2.45, 2.75) is 25.0 Å². The number of nitrogens with one attached hydrogen (secondary N) is 2. The summed E-state index contributed by atoms with van der Waals surface area (Å²) in [6.07, 6.45) is 9.36. The van der Waals surface area contributed by atoms with Gasteiger partial charge in [-0.25, -0.2) is 28.4 Å². The maximum atomic E-state index is 12.4. The molecule has 1 saturated carbocycles. The van der Waals surface area contributed by atoms with Crippen LogP contribution in [-0.2, 0) is 10.0 Å². The molecular formula is C21H30N8O4S2. The number of carbonyl (C=O) groups is 1. The van der Waals surface area contributed by atoms with Crippen LogP contribution >= 0.6 is 11.3 Å². The van der Waals surface area contributed by atoms with Crippen LogP contribution in [0, 0.1) is 0 Å². The van der Waals surface area contributed by atoms with Crippen LogP contribution in [0.3, 0.4) is 0 Å². The Morgan fingerprint density at radius 1 is 1.20 bits per heavy atom. The highest BCUT2D eigenvalue weighted by Crippen LogP contribution is 2.29. The van der Waals surface area contributed by atoms with Crippen LogP contribution < -0.4 is 14.8 Å². The van der Waals surface area contributed by atoms with Crippen LogP contribution in [-0.4, -0.2) is 82.2 Å². The zero-order valence-electron chi connectivity index (χ0n) is 19.1. The van der Waals surface area contributed by atoms with E-state index in [4.69, 9.17) is 4.74 Å². The van der Waals surface area contributed by atoms with Gasteiger partial charge in [0.15, 0.2) is 5.01 Å². The smallest absolute Gasteiger partial charge is 0.282 e. The van der Waals surface area contributed by atoms with E-state index in [0.717, 1.165) is 30.8 Å². The number of hydrogen-bond donors (Lipinski definition) is 2. The Balaban J connectivity index is 0.000000277. The number of hydrogen-bond acceptors (Lipinski definition) is 11. The van der Waals surface area contributed by atoms with Crippen molar-refractivity contribution >= 4 is 33.2 Å². The van der Waals surface area contributed by atoms with Gasteiger partial charge in [-0.1, -0.05) is 0 Å². The van der Waals surface area contributed by atoms with Crippen molar-refractivity contribution in [2.75, 3.05) is 37.5 Å². The lowest BCUT2D eigenvalue weighted by Crippen LogP contribution is -2.46. The van der Waals surface area contributed by atoms with Gasteiger partial charge < -0.3 is 15.0 Å². The van der Waals surface area contributed by atoms with Gasteiger partial charge in [0.2, 0.25) is 21.9 Å². The van der Waals surface area contributed by atoms with E-state index in [1.54, 1.807) is 24.7 Å². The molecule has 0 atom stereocenters. The molecule has 4 heterocycles. The Hall–Kier alpha value is -3.23. The summed E-state index contributed by atoms with van der Waals surface area (Å²) in [6, 6.07) is 1.63. The van der Waals surface area contributed by atoms with Crippen LogP contribution in [0.15, 0.2) is 37.1 Å². The van der Waals surface area contributed by atoms with E-state index in [1.807, 2.05) is 11.8 Å². The third kappa shape index (κ3) is 6.90. The van der Waals surface area contributed by atoms with E-state index < -0.39 is 10.0 Å². The fraction of sp³-hybridized carbons (Fsp3) is 0.429. The zero-order valence-corrected chi connectivity index (χ0v) is 20.8. The molecule has 35 heavy (non-hydrogen) atoms. The SMILES string of the molecule is CCOc1cncc(-c2cnc(C(=O)N3CCNCC3)s2)n1.O=S(=O)(Nc1ncccn1)C1CC1.[HH].[HH]. The van der Waals surface area contributed by atoms with Crippen LogP contribution in [0.5, 0.6) is 5.88 Å². The Bertz CT molecular complexity index is 1240. The second-order valence-electron chi connectivity index (χ2n) is 7.67. The molecule has 2 fully saturated rings. The standard InChI is InChI=1S/C14H17N5O2S.C7H9N3O2S.2H2/c1-2-21-12-9-16-7-10(18-12)11-8-17-13(22-11)14(20)19-5-3-15-4-6-19;11-13(12,6-2-3-6)10-7-8-4-1-5-9-7;;/h7-9,15H,2-6H2,1H3;1,4-6H,2-3H2,(H,8,9,10);2*1H. The van der Waals surface area contributed by atoms with E-state index in [1.165, 1.54) is 23.7 Å². The molecule has 0 aromatic carbocycles. The maximum absolute atomic E-state index is 12.4. The number of amides is 1. The quantitative estimate of drug-likeness (QED) is 0.470. The minimum atomic E-state index is -3.22. The van der Waals surface area contributed by atoms with Crippen molar-refractivity contribution in [3.8, 4) is 16.5 Å². The first-order chi connectivity index (χ1) is 17.0. The lowest BCUT2D eigenvalue weighted by Gasteiger charge is -2.26.